The lowest BCUT2D eigenvalue weighted by molar-refractivity contribution is 0.122. The molecule has 6 heteroatoms. The van der Waals surface area contributed by atoms with Crippen LogP contribution in [0.1, 0.15) is 24.5 Å². The molecule has 0 aliphatic carbocycles. The maximum absolute atomic E-state index is 5.75. The Kier molecular flexibility index (Phi) is 6.44. The normalized spacial score (nSPS) is 14.6. The molecule has 0 unspecified atom stereocenters. The zero-order chi connectivity index (χ0) is 18.2. The number of ether oxygens (including phenoxy) is 2. The molecule has 0 atom stereocenters. The van der Waals surface area contributed by atoms with E-state index in [1.54, 1.807) is 6.21 Å². The van der Waals surface area contributed by atoms with E-state index in [0.717, 1.165) is 44.0 Å². The molecular formula is C20H26N4O2. The first-order valence-electron chi connectivity index (χ1n) is 9.08. The second kappa shape index (κ2) is 9.20. The zero-order valence-corrected chi connectivity index (χ0v) is 15.4. The third-order valence-electron chi connectivity index (χ3n) is 4.05. The molecule has 6 nitrogen and oxygen atoms in total. The molecule has 0 bridgehead atoms. The van der Waals surface area contributed by atoms with Crippen molar-refractivity contribution in [3.05, 3.63) is 47.5 Å². The quantitative estimate of drug-likeness (QED) is 0.609. The van der Waals surface area contributed by atoms with Crippen molar-refractivity contribution in [2.24, 2.45) is 5.10 Å². The molecule has 1 saturated heterocycles. The SMILES string of the molecule is CCCOc1cc(N2CCOCC2)cc(N/N=C/c2cccc(C)c2)n1. The van der Waals surface area contributed by atoms with Gasteiger partial charge in [-0.15, -0.1) is 0 Å². The Morgan fingerprint density at radius 1 is 1.27 bits per heavy atom. The number of pyridine rings is 1. The molecule has 2 aromatic rings. The average Bonchev–Trinajstić information content (AvgIpc) is 2.67. The predicted octanol–water partition coefficient (Wildman–Crippen LogP) is 3.46. The van der Waals surface area contributed by atoms with Gasteiger partial charge in [-0.05, 0) is 18.9 Å². The van der Waals surface area contributed by atoms with Gasteiger partial charge in [0.1, 0.15) is 0 Å². The molecule has 138 valence electrons. The minimum absolute atomic E-state index is 0.615. The predicted molar refractivity (Wildman–Crippen MR) is 105 cm³/mol. The van der Waals surface area contributed by atoms with E-state index in [9.17, 15) is 0 Å². The number of anilines is 2. The Bertz CT molecular complexity index is 742. The van der Waals surface area contributed by atoms with Crippen molar-refractivity contribution in [3.8, 4) is 5.88 Å². The standard InChI is InChI=1S/C20H26N4O2/c1-3-9-26-20-14-18(24-7-10-25-11-8-24)13-19(22-20)23-21-15-17-6-4-5-16(2)12-17/h4-6,12-15H,3,7-11H2,1-2H3,(H,22,23)/b21-15+. The fourth-order valence-corrected chi connectivity index (χ4v) is 2.76. The third kappa shape index (κ3) is 5.20. The lowest BCUT2D eigenvalue weighted by atomic mass is 10.2. The highest BCUT2D eigenvalue weighted by Gasteiger charge is 2.14. The number of nitrogens with zero attached hydrogens (tertiary/aromatic N) is 3. The first-order chi connectivity index (χ1) is 12.7. The summed E-state index contributed by atoms with van der Waals surface area (Å²) >= 11 is 0. The number of hydrazone groups is 1. The van der Waals surface area contributed by atoms with Gasteiger partial charge in [-0.2, -0.15) is 10.1 Å². The summed E-state index contributed by atoms with van der Waals surface area (Å²) in [6, 6.07) is 12.2. The molecule has 1 fully saturated rings. The maximum Gasteiger partial charge on any atom is 0.217 e. The Morgan fingerprint density at radius 3 is 2.88 bits per heavy atom. The van der Waals surface area contributed by atoms with Crippen molar-refractivity contribution in [1.82, 2.24) is 4.98 Å². The smallest absolute Gasteiger partial charge is 0.217 e. The van der Waals surface area contributed by atoms with Crippen LogP contribution in [0.3, 0.4) is 0 Å². The van der Waals surface area contributed by atoms with Gasteiger partial charge in [0.15, 0.2) is 5.82 Å². The summed E-state index contributed by atoms with van der Waals surface area (Å²) in [5, 5.41) is 4.32. The fourth-order valence-electron chi connectivity index (χ4n) is 2.76. The largest absolute Gasteiger partial charge is 0.478 e. The Labute approximate surface area is 154 Å². The minimum atomic E-state index is 0.615. The van der Waals surface area contributed by atoms with Gasteiger partial charge < -0.3 is 14.4 Å². The molecule has 3 rings (SSSR count). The van der Waals surface area contributed by atoms with Crippen LogP contribution in [0.15, 0.2) is 41.5 Å². The van der Waals surface area contributed by atoms with Crippen molar-refractivity contribution < 1.29 is 9.47 Å². The van der Waals surface area contributed by atoms with Gasteiger partial charge >= 0.3 is 0 Å². The molecule has 1 N–H and O–H groups in total. The second-order valence-electron chi connectivity index (χ2n) is 6.28. The number of morpholine rings is 1. The van der Waals surface area contributed by atoms with E-state index >= 15 is 0 Å². The highest BCUT2D eigenvalue weighted by Crippen LogP contribution is 2.25. The molecule has 2 heterocycles. The summed E-state index contributed by atoms with van der Waals surface area (Å²) in [4.78, 5) is 6.79. The summed E-state index contributed by atoms with van der Waals surface area (Å²) < 4.78 is 11.2. The van der Waals surface area contributed by atoms with Crippen molar-refractivity contribution >= 4 is 17.7 Å². The van der Waals surface area contributed by atoms with E-state index in [1.165, 1.54) is 5.56 Å². The van der Waals surface area contributed by atoms with Crippen LogP contribution in [-0.2, 0) is 4.74 Å². The van der Waals surface area contributed by atoms with Crippen molar-refractivity contribution in [1.29, 1.82) is 0 Å². The van der Waals surface area contributed by atoms with Crippen LogP contribution in [0.5, 0.6) is 5.88 Å². The molecule has 0 spiro atoms. The first-order valence-corrected chi connectivity index (χ1v) is 9.08. The lowest BCUT2D eigenvalue weighted by Crippen LogP contribution is -2.36. The number of aromatic nitrogens is 1. The van der Waals surface area contributed by atoms with Gasteiger partial charge in [0.25, 0.3) is 0 Å². The number of aryl methyl sites for hydroxylation is 1. The minimum Gasteiger partial charge on any atom is -0.478 e. The van der Waals surface area contributed by atoms with E-state index in [-0.39, 0.29) is 0 Å². The highest BCUT2D eigenvalue weighted by molar-refractivity contribution is 5.80. The third-order valence-corrected chi connectivity index (χ3v) is 4.05. The Morgan fingerprint density at radius 2 is 2.12 bits per heavy atom. The van der Waals surface area contributed by atoms with Gasteiger partial charge in [0.2, 0.25) is 5.88 Å². The van der Waals surface area contributed by atoms with Crippen LogP contribution in [0, 0.1) is 6.92 Å². The fraction of sp³-hybridized carbons (Fsp3) is 0.400. The van der Waals surface area contributed by atoms with Crippen molar-refractivity contribution in [2.75, 3.05) is 43.2 Å². The number of rotatable bonds is 7. The molecule has 1 aliphatic rings. The molecule has 0 saturated carbocycles. The summed E-state index contributed by atoms with van der Waals surface area (Å²) in [7, 11) is 0. The van der Waals surface area contributed by atoms with E-state index < -0.39 is 0 Å². The van der Waals surface area contributed by atoms with Crippen LogP contribution < -0.4 is 15.1 Å². The number of hydrogen-bond donors (Lipinski definition) is 1. The Balaban J connectivity index is 1.75. The lowest BCUT2D eigenvalue weighted by Gasteiger charge is -2.29. The average molecular weight is 354 g/mol. The number of hydrogen-bond acceptors (Lipinski definition) is 6. The molecular weight excluding hydrogens is 328 g/mol. The molecule has 1 aromatic carbocycles. The molecule has 1 aromatic heterocycles. The topological polar surface area (TPSA) is 59.0 Å². The summed E-state index contributed by atoms with van der Waals surface area (Å²) in [5.41, 5.74) is 6.35. The Hall–Kier alpha value is -2.60. The van der Waals surface area contributed by atoms with Crippen LogP contribution in [0.25, 0.3) is 0 Å². The van der Waals surface area contributed by atoms with Crippen LogP contribution in [0.2, 0.25) is 0 Å². The second-order valence-corrected chi connectivity index (χ2v) is 6.28. The van der Waals surface area contributed by atoms with Gasteiger partial charge in [-0.25, -0.2) is 0 Å². The summed E-state index contributed by atoms with van der Waals surface area (Å²) in [6.07, 6.45) is 2.74. The van der Waals surface area contributed by atoms with Crippen molar-refractivity contribution in [3.63, 3.8) is 0 Å². The number of nitrogens with one attached hydrogen (secondary N) is 1. The molecule has 1 aliphatic heterocycles. The van der Waals surface area contributed by atoms with E-state index in [1.807, 2.05) is 24.3 Å². The van der Waals surface area contributed by atoms with Gasteiger partial charge in [-0.3, -0.25) is 5.43 Å². The van der Waals surface area contributed by atoms with Gasteiger partial charge in [0.05, 0.1) is 26.0 Å². The summed E-state index contributed by atoms with van der Waals surface area (Å²) in [5.74, 6) is 1.29. The molecule has 26 heavy (non-hydrogen) atoms. The summed E-state index contributed by atoms with van der Waals surface area (Å²) in [6.45, 7) is 7.99. The molecule has 0 radical (unpaired) electrons. The van der Waals surface area contributed by atoms with Gasteiger partial charge in [0, 0.05) is 30.9 Å². The van der Waals surface area contributed by atoms with Crippen LogP contribution in [-0.4, -0.2) is 44.1 Å². The van der Waals surface area contributed by atoms with E-state index in [4.69, 9.17) is 9.47 Å². The first kappa shape index (κ1) is 18.2. The van der Waals surface area contributed by atoms with Crippen LogP contribution >= 0.6 is 0 Å². The highest BCUT2D eigenvalue weighted by atomic mass is 16.5. The van der Waals surface area contributed by atoms with E-state index in [2.05, 4.69) is 46.4 Å². The maximum atomic E-state index is 5.75. The monoisotopic (exact) mass is 354 g/mol. The van der Waals surface area contributed by atoms with Crippen LogP contribution in [0.4, 0.5) is 11.5 Å². The molecule has 0 amide bonds. The van der Waals surface area contributed by atoms with E-state index in [0.29, 0.717) is 18.3 Å². The van der Waals surface area contributed by atoms with Crippen molar-refractivity contribution in [2.45, 2.75) is 20.3 Å². The van der Waals surface area contributed by atoms with Gasteiger partial charge in [-0.1, -0.05) is 36.8 Å². The number of benzene rings is 1. The zero-order valence-electron chi connectivity index (χ0n) is 15.4.